The fourth-order valence-electron chi connectivity index (χ4n) is 4.68. The second-order valence-electron chi connectivity index (χ2n) is 8.90. The number of hydrogen-bond donors (Lipinski definition) is 0. The second kappa shape index (κ2) is 9.15. The van der Waals surface area contributed by atoms with Gasteiger partial charge in [-0.3, -0.25) is 0 Å². The molecular weight excluding hydrogens is 490 g/mol. The third-order valence-electron chi connectivity index (χ3n) is 6.47. The first-order chi connectivity index (χ1) is 18.7. The van der Waals surface area contributed by atoms with E-state index in [2.05, 4.69) is 36.4 Å². The zero-order valence-corrected chi connectivity index (χ0v) is 20.8. The van der Waals surface area contributed by atoms with Crippen LogP contribution in [0.4, 0.5) is 0 Å². The zero-order chi connectivity index (χ0) is 25.5. The predicted octanol–water partition coefficient (Wildman–Crippen LogP) is 8.69. The second-order valence-corrected chi connectivity index (χ2v) is 9.33. The first kappa shape index (κ1) is 22.2. The molecule has 5 aromatic carbocycles. The molecule has 0 aliphatic carbocycles. The molecule has 0 amide bonds. The van der Waals surface area contributed by atoms with Gasteiger partial charge in [0.1, 0.15) is 11.2 Å². The molecule has 0 bridgehead atoms. The van der Waals surface area contributed by atoms with Crippen LogP contribution in [0.1, 0.15) is 0 Å². The molecule has 0 aliphatic rings. The van der Waals surface area contributed by atoms with Crippen LogP contribution in [0.2, 0.25) is 5.02 Å². The number of benzene rings is 4. The van der Waals surface area contributed by atoms with Crippen LogP contribution in [0.25, 0.3) is 67.2 Å². The van der Waals surface area contributed by atoms with E-state index in [-0.39, 0.29) is 0 Å². The Hall–Kier alpha value is -4.98. The number of halogens is 1. The van der Waals surface area contributed by atoms with Gasteiger partial charge in [-0.05, 0) is 71.8 Å². The molecule has 7 rings (SSSR count). The third-order valence-corrected chi connectivity index (χ3v) is 6.73. The lowest BCUT2D eigenvalue weighted by Crippen LogP contribution is -2.00. The SMILES string of the molecule is Clc1ccc(-c2nc(-c3cc#ccc3)nc(-c3cc(-c4ccccc4)c4c(c3)oc3ccccc34)n2)cc1. The van der Waals surface area contributed by atoms with Crippen LogP contribution in [0, 0.1) is 12.1 Å². The van der Waals surface area contributed by atoms with Crippen molar-refractivity contribution in [3.63, 3.8) is 0 Å². The topological polar surface area (TPSA) is 51.8 Å². The van der Waals surface area contributed by atoms with Crippen molar-refractivity contribution in [2.45, 2.75) is 0 Å². The van der Waals surface area contributed by atoms with Crippen molar-refractivity contribution < 1.29 is 4.42 Å². The van der Waals surface area contributed by atoms with E-state index in [1.54, 1.807) is 6.07 Å². The highest BCUT2D eigenvalue weighted by Gasteiger charge is 2.18. The van der Waals surface area contributed by atoms with Gasteiger partial charge in [0.25, 0.3) is 0 Å². The lowest BCUT2D eigenvalue weighted by Gasteiger charge is -2.10. The van der Waals surface area contributed by atoms with Crippen molar-refractivity contribution >= 4 is 33.5 Å². The molecule has 0 saturated heterocycles. The van der Waals surface area contributed by atoms with Crippen LogP contribution >= 0.6 is 11.6 Å². The minimum atomic E-state index is 0.548. The molecule has 5 heteroatoms. The van der Waals surface area contributed by atoms with E-state index < -0.39 is 0 Å². The maximum absolute atomic E-state index is 6.32. The fourth-order valence-corrected chi connectivity index (χ4v) is 4.80. The quantitative estimate of drug-likeness (QED) is 0.239. The monoisotopic (exact) mass is 507 g/mol. The average Bonchev–Trinajstić information content (AvgIpc) is 3.36. The molecule has 0 N–H and O–H groups in total. The Balaban J connectivity index is 1.51. The summed E-state index contributed by atoms with van der Waals surface area (Å²) in [5.74, 6) is 1.66. The minimum absolute atomic E-state index is 0.548. The molecular formula is C33H18ClN3O. The van der Waals surface area contributed by atoms with Gasteiger partial charge in [-0.25, -0.2) is 15.0 Å². The van der Waals surface area contributed by atoms with Gasteiger partial charge in [0.2, 0.25) is 0 Å². The van der Waals surface area contributed by atoms with Gasteiger partial charge in [-0.1, -0.05) is 72.3 Å². The lowest BCUT2D eigenvalue weighted by atomic mass is 9.97. The Morgan fingerprint density at radius 2 is 1.29 bits per heavy atom. The molecule has 38 heavy (non-hydrogen) atoms. The van der Waals surface area contributed by atoms with Crippen LogP contribution in [0.15, 0.2) is 114 Å². The van der Waals surface area contributed by atoms with E-state index >= 15 is 0 Å². The first-order valence-corrected chi connectivity index (χ1v) is 12.5. The van der Waals surface area contributed by atoms with Gasteiger partial charge in [-0.15, -0.1) is 0 Å². The first-order valence-electron chi connectivity index (χ1n) is 12.1. The van der Waals surface area contributed by atoms with Gasteiger partial charge >= 0.3 is 0 Å². The number of nitrogens with zero attached hydrogens (tertiary/aromatic N) is 3. The van der Waals surface area contributed by atoms with Crippen molar-refractivity contribution in [1.82, 2.24) is 15.0 Å². The van der Waals surface area contributed by atoms with Crippen LogP contribution in [0.5, 0.6) is 0 Å². The van der Waals surface area contributed by atoms with Crippen LogP contribution in [0.3, 0.4) is 0 Å². The highest BCUT2D eigenvalue weighted by atomic mass is 35.5. The van der Waals surface area contributed by atoms with Gasteiger partial charge in [0, 0.05) is 32.5 Å². The van der Waals surface area contributed by atoms with Crippen molar-refractivity contribution in [1.29, 1.82) is 0 Å². The van der Waals surface area contributed by atoms with Gasteiger partial charge in [0.05, 0.1) is 0 Å². The summed E-state index contributed by atoms with van der Waals surface area (Å²) in [7, 11) is 0. The normalized spacial score (nSPS) is 11.1. The predicted molar refractivity (Wildman–Crippen MR) is 152 cm³/mol. The molecule has 7 aromatic rings. The van der Waals surface area contributed by atoms with E-state index in [9.17, 15) is 0 Å². The summed E-state index contributed by atoms with van der Waals surface area (Å²) in [6.45, 7) is 0. The minimum Gasteiger partial charge on any atom is -0.456 e. The molecule has 178 valence electrons. The van der Waals surface area contributed by atoms with Crippen LogP contribution in [-0.4, -0.2) is 15.0 Å². The summed E-state index contributed by atoms with van der Waals surface area (Å²) in [6.07, 6.45) is 0. The van der Waals surface area contributed by atoms with Crippen LogP contribution in [-0.2, 0) is 0 Å². The van der Waals surface area contributed by atoms with Crippen molar-refractivity contribution in [2.24, 2.45) is 0 Å². The number of aromatic nitrogens is 3. The number of furan rings is 1. The number of hydrogen-bond acceptors (Lipinski definition) is 4. The van der Waals surface area contributed by atoms with E-state index in [1.165, 1.54) is 0 Å². The molecule has 2 aromatic heterocycles. The summed E-state index contributed by atoms with van der Waals surface area (Å²) in [6, 6.07) is 41.5. The van der Waals surface area contributed by atoms with Crippen molar-refractivity contribution in [2.75, 3.05) is 0 Å². The maximum atomic E-state index is 6.32. The summed E-state index contributed by atoms with van der Waals surface area (Å²) in [5, 5.41) is 2.79. The maximum Gasteiger partial charge on any atom is 0.164 e. The Kier molecular flexibility index (Phi) is 5.36. The summed E-state index contributed by atoms with van der Waals surface area (Å²) < 4.78 is 6.32. The highest BCUT2D eigenvalue weighted by molar-refractivity contribution is 6.30. The van der Waals surface area contributed by atoms with E-state index in [0.717, 1.165) is 49.8 Å². The van der Waals surface area contributed by atoms with Gasteiger partial charge in [-0.2, -0.15) is 0 Å². The summed E-state index contributed by atoms with van der Waals surface area (Å²) in [5.41, 5.74) is 6.27. The summed E-state index contributed by atoms with van der Waals surface area (Å²) >= 11 is 6.15. The fraction of sp³-hybridized carbons (Fsp3) is 0. The Labute approximate surface area is 224 Å². The smallest absolute Gasteiger partial charge is 0.164 e. The lowest BCUT2D eigenvalue weighted by molar-refractivity contribution is 0.669. The Morgan fingerprint density at radius 3 is 2.05 bits per heavy atom. The molecule has 0 aliphatic heterocycles. The van der Waals surface area contributed by atoms with E-state index in [1.807, 2.05) is 78.9 Å². The standard InChI is InChI=1S/C33H18ClN3O/c34-25-17-15-23(16-18-25)32-35-31(22-11-5-2-6-12-22)36-33(37-32)24-19-27(21-9-3-1-4-10-21)30-26-13-7-8-14-28(26)38-29(30)20-24/h1,3-5,7-20H. The van der Waals surface area contributed by atoms with E-state index in [4.69, 9.17) is 31.0 Å². The number of para-hydroxylation sites is 1. The molecule has 0 radical (unpaired) electrons. The molecule has 0 saturated carbocycles. The van der Waals surface area contributed by atoms with E-state index in [0.29, 0.717) is 22.5 Å². The molecule has 0 unspecified atom stereocenters. The molecule has 0 atom stereocenters. The molecule has 2 heterocycles. The van der Waals surface area contributed by atoms with Crippen LogP contribution < -0.4 is 0 Å². The molecule has 0 fully saturated rings. The molecule has 0 spiro atoms. The molecule has 4 nitrogen and oxygen atoms in total. The summed E-state index contributed by atoms with van der Waals surface area (Å²) in [4.78, 5) is 14.6. The van der Waals surface area contributed by atoms with Crippen molar-refractivity contribution in [3.05, 3.63) is 126 Å². The highest BCUT2D eigenvalue weighted by Crippen LogP contribution is 2.39. The zero-order valence-electron chi connectivity index (χ0n) is 20.0. The van der Waals surface area contributed by atoms with Gasteiger partial charge < -0.3 is 4.42 Å². The number of fused-ring (bicyclic) bond motifs is 3. The largest absolute Gasteiger partial charge is 0.456 e. The van der Waals surface area contributed by atoms with Gasteiger partial charge in [0.15, 0.2) is 17.5 Å². The third kappa shape index (κ3) is 3.96. The Morgan fingerprint density at radius 1 is 0.579 bits per heavy atom. The Bertz CT molecular complexity index is 1910. The number of rotatable bonds is 4. The van der Waals surface area contributed by atoms with Crippen molar-refractivity contribution in [3.8, 4) is 45.3 Å². The average molecular weight is 508 g/mol.